The van der Waals surface area contributed by atoms with Gasteiger partial charge in [0, 0.05) is 10.6 Å². The van der Waals surface area contributed by atoms with Gasteiger partial charge < -0.3 is 20.5 Å². The molecule has 0 bridgehead atoms. The predicted octanol–water partition coefficient (Wildman–Crippen LogP) is 2.33. The van der Waals surface area contributed by atoms with E-state index in [1.165, 1.54) is 31.6 Å². The zero-order valence-corrected chi connectivity index (χ0v) is 13.0. The van der Waals surface area contributed by atoms with E-state index in [0.29, 0.717) is 10.6 Å². The van der Waals surface area contributed by atoms with Crippen molar-refractivity contribution < 1.29 is 19.4 Å². The third-order valence-corrected chi connectivity index (χ3v) is 2.92. The van der Waals surface area contributed by atoms with E-state index >= 15 is 0 Å². The number of anilines is 1. The Morgan fingerprint density at radius 1 is 1.48 bits per heavy atom. The highest BCUT2D eigenvalue weighted by atomic mass is 35.5. The Bertz CT molecular complexity index is 577. The minimum absolute atomic E-state index is 0.0249. The van der Waals surface area contributed by atoms with Crippen molar-refractivity contribution in [2.45, 2.75) is 12.4 Å². The Kier molecular flexibility index (Phi) is 6.39. The zero-order chi connectivity index (χ0) is 16.0. The van der Waals surface area contributed by atoms with Crippen molar-refractivity contribution in [2.24, 2.45) is 0 Å². The molecule has 0 aliphatic carbocycles. The van der Waals surface area contributed by atoms with E-state index < -0.39 is 17.4 Å². The van der Waals surface area contributed by atoms with Crippen molar-refractivity contribution in [3.8, 4) is 0 Å². The highest BCUT2D eigenvalue weighted by Crippen LogP contribution is 2.22. The SMILES string of the molecule is CO/C=C(\C)C(=O)NC(S)Nc1cc(Cl)ccc1C(=O)O. The second kappa shape index (κ2) is 7.80. The van der Waals surface area contributed by atoms with Crippen molar-refractivity contribution in [1.29, 1.82) is 0 Å². The number of thiol groups is 1. The second-order valence-electron chi connectivity index (χ2n) is 4.05. The molecule has 0 radical (unpaired) electrons. The second-order valence-corrected chi connectivity index (χ2v) is 5.00. The topological polar surface area (TPSA) is 87.7 Å². The monoisotopic (exact) mass is 330 g/mol. The quantitative estimate of drug-likeness (QED) is 0.278. The summed E-state index contributed by atoms with van der Waals surface area (Å²) in [7, 11) is 1.43. The molecule has 0 heterocycles. The highest BCUT2D eigenvalue weighted by molar-refractivity contribution is 7.81. The maximum absolute atomic E-state index is 11.7. The number of hydrogen-bond acceptors (Lipinski definition) is 5. The molecule has 0 aromatic heterocycles. The first-order valence-electron chi connectivity index (χ1n) is 5.83. The number of carboxylic acids is 1. The summed E-state index contributed by atoms with van der Waals surface area (Å²) in [6.07, 6.45) is 1.29. The minimum Gasteiger partial charge on any atom is -0.504 e. The molecule has 1 amide bonds. The predicted molar refractivity (Wildman–Crippen MR) is 83.7 cm³/mol. The van der Waals surface area contributed by atoms with Crippen molar-refractivity contribution in [3.05, 3.63) is 40.6 Å². The fourth-order valence-corrected chi connectivity index (χ4v) is 1.90. The number of amides is 1. The van der Waals surface area contributed by atoms with Gasteiger partial charge in [-0.2, -0.15) is 0 Å². The lowest BCUT2D eigenvalue weighted by atomic mass is 10.2. The van der Waals surface area contributed by atoms with Gasteiger partial charge in [-0.3, -0.25) is 4.79 Å². The maximum atomic E-state index is 11.7. The van der Waals surface area contributed by atoms with Crippen LogP contribution >= 0.6 is 24.2 Å². The molecule has 8 heteroatoms. The molecule has 1 aromatic carbocycles. The molecule has 0 aliphatic heterocycles. The van der Waals surface area contributed by atoms with Crippen LogP contribution in [-0.4, -0.2) is 29.6 Å². The summed E-state index contributed by atoms with van der Waals surface area (Å²) in [5, 5.41) is 14.7. The molecule has 0 saturated carbocycles. The van der Waals surface area contributed by atoms with E-state index in [0.717, 1.165) is 0 Å². The highest BCUT2D eigenvalue weighted by Gasteiger charge is 2.15. The van der Waals surface area contributed by atoms with E-state index in [1.807, 2.05) is 0 Å². The number of carboxylic acid groups (broad SMARTS) is 1. The number of hydrogen-bond donors (Lipinski definition) is 4. The Hall–Kier alpha value is -1.86. The van der Waals surface area contributed by atoms with Gasteiger partial charge in [0.25, 0.3) is 5.91 Å². The first kappa shape index (κ1) is 17.2. The smallest absolute Gasteiger partial charge is 0.337 e. The number of carbonyl (C=O) groups is 2. The summed E-state index contributed by atoms with van der Waals surface area (Å²) in [6.45, 7) is 1.57. The average molecular weight is 331 g/mol. The lowest BCUT2D eigenvalue weighted by Crippen LogP contribution is -2.37. The summed E-state index contributed by atoms with van der Waals surface area (Å²) < 4.78 is 4.73. The van der Waals surface area contributed by atoms with Gasteiger partial charge in [0.1, 0.15) is 5.50 Å². The van der Waals surface area contributed by atoms with Gasteiger partial charge in [0.05, 0.1) is 24.6 Å². The molecule has 0 saturated heterocycles. The van der Waals surface area contributed by atoms with Crippen LogP contribution in [0.4, 0.5) is 5.69 Å². The summed E-state index contributed by atoms with van der Waals surface area (Å²) in [6, 6.07) is 4.28. The van der Waals surface area contributed by atoms with Crippen molar-refractivity contribution in [2.75, 3.05) is 12.4 Å². The van der Waals surface area contributed by atoms with Gasteiger partial charge in [-0.05, 0) is 25.1 Å². The van der Waals surface area contributed by atoms with E-state index in [2.05, 4.69) is 23.3 Å². The van der Waals surface area contributed by atoms with Gasteiger partial charge in [-0.1, -0.05) is 11.6 Å². The molecule has 1 atom stereocenters. The lowest BCUT2D eigenvalue weighted by molar-refractivity contribution is -0.117. The van der Waals surface area contributed by atoms with Crippen molar-refractivity contribution in [3.63, 3.8) is 0 Å². The van der Waals surface area contributed by atoms with Gasteiger partial charge in [-0.15, -0.1) is 12.6 Å². The van der Waals surface area contributed by atoms with Crippen LogP contribution in [0.2, 0.25) is 5.02 Å². The van der Waals surface area contributed by atoms with Crippen LogP contribution in [0.15, 0.2) is 30.0 Å². The fraction of sp³-hybridized carbons (Fsp3) is 0.231. The van der Waals surface area contributed by atoms with E-state index in [-0.39, 0.29) is 11.3 Å². The lowest BCUT2D eigenvalue weighted by Gasteiger charge is -2.18. The van der Waals surface area contributed by atoms with E-state index in [4.69, 9.17) is 21.4 Å². The van der Waals surface area contributed by atoms with Crippen LogP contribution in [0.3, 0.4) is 0 Å². The molecule has 114 valence electrons. The van der Waals surface area contributed by atoms with Gasteiger partial charge in [0.15, 0.2) is 0 Å². The fourth-order valence-electron chi connectivity index (χ4n) is 1.47. The number of rotatable bonds is 6. The summed E-state index contributed by atoms with van der Waals surface area (Å²) in [5.74, 6) is -1.51. The van der Waals surface area contributed by atoms with E-state index in [9.17, 15) is 9.59 Å². The molecule has 0 spiro atoms. The van der Waals surface area contributed by atoms with Gasteiger partial charge in [0.2, 0.25) is 0 Å². The molecule has 1 unspecified atom stereocenters. The van der Waals surface area contributed by atoms with Crippen molar-refractivity contribution in [1.82, 2.24) is 5.32 Å². The van der Waals surface area contributed by atoms with Gasteiger partial charge >= 0.3 is 5.97 Å². The molecular formula is C13H15ClN2O4S. The van der Waals surface area contributed by atoms with Crippen LogP contribution in [0.1, 0.15) is 17.3 Å². The standard InChI is InChI=1S/C13H15ClN2O4S/c1-7(6-20-2)11(17)16-13(21)15-10-5-8(14)3-4-9(10)12(18)19/h3-6,13,15,21H,1-2H3,(H,16,17)(H,18,19)/b7-6+. The number of ether oxygens (including phenoxy) is 1. The molecule has 21 heavy (non-hydrogen) atoms. The molecule has 0 fully saturated rings. The van der Waals surface area contributed by atoms with E-state index in [1.54, 1.807) is 6.92 Å². The molecule has 3 N–H and O–H groups in total. The van der Waals surface area contributed by atoms with Crippen LogP contribution in [0, 0.1) is 0 Å². The number of nitrogens with one attached hydrogen (secondary N) is 2. The number of methoxy groups -OCH3 is 1. The Morgan fingerprint density at radius 3 is 2.71 bits per heavy atom. The Labute approximate surface area is 132 Å². The molecular weight excluding hydrogens is 316 g/mol. The van der Waals surface area contributed by atoms with Crippen LogP contribution in [-0.2, 0) is 9.53 Å². The molecule has 1 aromatic rings. The number of aromatic carboxylic acids is 1. The number of halogens is 1. The first-order valence-corrected chi connectivity index (χ1v) is 6.72. The Morgan fingerprint density at radius 2 is 2.14 bits per heavy atom. The number of carbonyl (C=O) groups excluding carboxylic acids is 1. The Balaban J connectivity index is 2.82. The average Bonchev–Trinajstić information content (AvgIpc) is 2.38. The van der Waals surface area contributed by atoms with Crippen molar-refractivity contribution >= 4 is 41.8 Å². The minimum atomic E-state index is -1.11. The summed E-state index contributed by atoms with van der Waals surface area (Å²) in [4.78, 5) is 22.8. The van der Waals surface area contributed by atoms with Crippen LogP contribution < -0.4 is 10.6 Å². The molecule has 6 nitrogen and oxygen atoms in total. The van der Waals surface area contributed by atoms with Crippen LogP contribution in [0.5, 0.6) is 0 Å². The third-order valence-electron chi connectivity index (χ3n) is 2.42. The summed E-state index contributed by atoms with van der Waals surface area (Å²) >= 11 is 9.98. The maximum Gasteiger partial charge on any atom is 0.337 e. The normalized spacial score (nSPS) is 12.5. The largest absolute Gasteiger partial charge is 0.504 e. The molecule has 1 rings (SSSR count). The summed E-state index contributed by atoms with van der Waals surface area (Å²) in [5.41, 5.74) is -0.169. The zero-order valence-electron chi connectivity index (χ0n) is 11.4. The van der Waals surface area contributed by atoms with Gasteiger partial charge in [-0.25, -0.2) is 4.79 Å². The van der Waals surface area contributed by atoms with Crippen LogP contribution in [0.25, 0.3) is 0 Å². The third kappa shape index (κ3) is 5.20. The molecule has 0 aliphatic rings. The first-order chi connectivity index (χ1) is 9.85. The number of benzene rings is 1.